The fourth-order valence-corrected chi connectivity index (χ4v) is 1.32. The van der Waals surface area contributed by atoms with Crippen molar-refractivity contribution in [3.05, 3.63) is 36.2 Å². The van der Waals surface area contributed by atoms with Crippen molar-refractivity contribution < 1.29 is 18.3 Å². The maximum atomic E-state index is 13.5. The Morgan fingerprint density at radius 3 is 2.29 bits per heavy atom. The van der Waals surface area contributed by atoms with Gasteiger partial charge in [0.1, 0.15) is 5.75 Å². The molecule has 90 valence electrons. The SMILES string of the molecule is COc1cc(F)c(Oc2cnn(C)c2)c(F)c1. The van der Waals surface area contributed by atoms with Gasteiger partial charge in [-0.25, -0.2) is 8.78 Å². The molecule has 1 aromatic carbocycles. The van der Waals surface area contributed by atoms with E-state index in [4.69, 9.17) is 9.47 Å². The number of hydrogen-bond donors (Lipinski definition) is 0. The number of rotatable bonds is 3. The summed E-state index contributed by atoms with van der Waals surface area (Å²) in [6, 6.07) is 2.10. The lowest BCUT2D eigenvalue weighted by Gasteiger charge is -2.07. The highest BCUT2D eigenvalue weighted by molar-refractivity contribution is 5.37. The zero-order valence-electron chi connectivity index (χ0n) is 9.28. The molecule has 0 aliphatic rings. The largest absolute Gasteiger partial charge is 0.497 e. The monoisotopic (exact) mass is 240 g/mol. The summed E-state index contributed by atoms with van der Waals surface area (Å²) in [5.74, 6) is -1.77. The lowest BCUT2D eigenvalue weighted by atomic mass is 10.3. The van der Waals surface area contributed by atoms with Crippen molar-refractivity contribution in [3.63, 3.8) is 0 Å². The Bertz CT molecular complexity index is 517. The first-order valence-corrected chi connectivity index (χ1v) is 4.79. The molecule has 2 aromatic rings. The van der Waals surface area contributed by atoms with E-state index in [0.717, 1.165) is 12.1 Å². The molecule has 0 spiro atoms. The first-order valence-electron chi connectivity index (χ1n) is 4.79. The van der Waals surface area contributed by atoms with Gasteiger partial charge in [-0.05, 0) is 0 Å². The van der Waals surface area contributed by atoms with Crippen LogP contribution in [0.4, 0.5) is 8.78 Å². The normalized spacial score (nSPS) is 10.4. The van der Waals surface area contributed by atoms with Crippen LogP contribution in [0.25, 0.3) is 0 Å². The zero-order valence-corrected chi connectivity index (χ0v) is 9.28. The van der Waals surface area contributed by atoms with Gasteiger partial charge in [-0.15, -0.1) is 0 Å². The van der Waals surface area contributed by atoms with Gasteiger partial charge < -0.3 is 9.47 Å². The summed E-state index contributed by atoms with van der Waals surface area (Å²) >= 11 is 0. The average Bonchev–Trinajstić information content (AvgIpc) is 2.69. The van der Waals surface area contributed by atoms with E-state index in [1.807, 2.05) is 0 Å². The highest BCUT2D eigenvalue weighted by Gasteiger charge is 2.14. The first kappa shape index (κ1) is 11.4. The molecule has 0 amide bonds. The van der Waals surface area contributed by atoms with Crippen LogP contribution in [0.1, 0.15) is 0 Å². The smallest absolute Gasteiger partial charge is 0.199 e. The number of methoxy groups -OCH3 is 1. The van der Waals surface area contributed by atoms with Crippen LogP contribution in [0, 0.1) is 11.6 Å². The maximum absolute atomic E-state index is 13.5. The van der Waals surface area contributed by atoms with Crippen LogP contribution in [0.15, 0.2) is 24.5 Å². The summed E-state index contributed by atoms with van der Waals surface area (Å²) in [6.07, 6.45) is 2.87. The summed E-state index contributed by atoms with van der Waals surface area (Å²) in [5.41, 5.74) is 0. The lowest BCUT2D eigenvalue weighted by molar-refractivity contribution is 0.382. The molecule has 0 aliphatic heterocycles. The van der Waals surface area contributed by atoms with Gasteiger partial charge in [-0.2, -0.15) is 5.10 Å². The van der Waals surface area contributed by atoms with Crippen LogP contribution in [-0.2, 0) is 7.05 Å². The van der Waals surface area contributed by atoms with E-state index in [1.54, 1.807) is 7.05 Å². The lowest BCUT2D eigenvalue weighted by Crippen LogP contribution is -1.94. The van der Waals surface area contributed by atoms with Gasteiger partial charge in [0, 0.05) is 19.2 Å². The molecule has 0 saturated heterocycles. The molecule has 6 heteroatoms. The fraction of sp³-hybridized carbons (Fsp3) is 0.182. The Kier molecular flexibility index (Phi) is 2.95. The van der Waals surface area contributed by atoms with Gasteiger partial charge in [0.25, 0.3) is 0 Å². The molecule has 0 radical (unpaired) electrons. The van der Waals surface area contributed by atoms with Crippen molar-refractivity contribution in [2.24, 2.45) is 7.05 Å². The van der Waals surface area contributed by atoms with Crippen molar-refractivity contribution in [2.45, 2.75) is 0 Å². The van der Waals surface area contributed by atoms with E-state index >= 15 is 0 Å². The molecular formula is C11H10F2N2O2. The quantitative estimate of drug-likeness (QED) is 0.827. The topological polar surface area (TPSA) is 36.3 Å². The molecule has 0 N–H and O–H groups in total. The van der Waals surface area contributed by atoms with Crippen molar-refractivity contribution in [2.75, 3.05) is 7.11 Å². The van der Waals surface area contributed by atoms with Crippen molar-refractivity contribution >= 4 is 0 Å². The summed E-state index contributed by atoms with van der Waals surface area (Å²) in [5, 5.41) is 3.83. The molecule has 0 saturated carbocycles. The van der Waals surface area contributed by atoms with Crippen LogP contribution in [-0.4, -0.2) is 16.9 Å². The summed E-state index contributed by atoms with van der Waals surface area (Å²) < 4.78 is 38.3. The van der Waals surface area contributed by atoms with Gasteiger partial charge in [0.05, 0.1) is 19.5 Å². The minimum absolute atomic E-state index is 0.0959. The molecule has 0 fully saturated rings. The molecule has 0 bridgehead atoms. The number of benzene rings is 1. The van der Waals surface area contributed by atoms with Crippen LogP contribution >= 0.6 is 0 Å². The molecule has 17 heavy (non-hydrogen) atoms. The van der Waals surface area contributed by atoms with Crippen LogP contribution in [0.3, 0.4) is 0 Å². The zero-order chi connectivity index (χ0) is 12.4. The number of aryl methyl sites for hydroxylation is 1. The van der Waals surface area contributed by atoms with Gasteiger partial charge in [-0.1, -0.05) is 0 Å². The number of halogens is 2. The highest BCUT2D eigenvalue weighted by Crippen LogP contribution is 2.30. The molecule has 0 aliphatic carbocycles. The summed E-state index contributed by atoms with van der Waals surface area (Å²) in [7, 11) is 3.00. The third-order valence-electron chi connectivity index (χ3n) is 2.11. The van der Waals surface area contributed by atoms with Gasteiger partial charge >= 0.3 is 0 Å². The van der Waals surface area contributed by atoms with Crippen molar-refractivity contribution in [3.8, 4) is 17.2 Å². The molecule has 2 rings (SSSR count). The Labute approximate surface area is 96.4 Å². The summed E-state index contributed by atoms with van der Waals surface area (Å²) in [6.45, 7) is 0. The van der Waals surface area contributed by atoms with E-state index < -0.39 is 17.4 Å². The minimum Gasteiger partial charge on any atom is -0.497 e. The molecule has 0 unspecified atom stereocenters. The Morgan fingerprint density at radius 1 is 1.18 bits per heavy atom. The maximum Gasteiger partial charge on any atom is 0.199 e. The second-order valence-electron chi connectivity index (χ2n) is 3.37. The first-order chi connectivity index (χ1) is 8.10. The Hall–Kier alpha value is -2.11. The number of ether oxygens (including phenoxy) is 2. The van der Waals surface area contributed by atoms with E-state index in [-0.39, 0.29) is 11.5 Å². The van der Waals surface area contributed by atoms with E-state index in [1.165, 1.54) is 24.2 Å². The number of nitrogens with zero attached hydrogens (tertiary/aromatic N) is 2. The van der Waals surface area contributed by atoms with E-state index in [2.05, 4.69) is 5.10 Å². The second kappa shape index (κ2) is 4.40. The van der Waals surface area contributed by atoms with Crippen LogP contribution < -0.4 is 9.47 Å². The fourth-order valence-electron chi connectivity index (χ4n) is 1.32. The van der Waals surface area contributed by atoms with Crippen LogP contribution in [0.2, 0.25) is 0 Å². The van der Waals surface area contributed by atoms with E-state index in [0.29, 0.717) is 0 Å². The molecule has 1 aromatic heterocycles. The van der Waals surface area contributed by atoms with Gasteiger partial charge in [-0.3, -0.25) is 4.68 Å². The standard InChI is InChI=1S/C11H10F2N2O2/c1-15-6-8(5-14-15)17-11-9(12)3-7(16-2)4-10(11)13/h3-6H,1-2H3. The molecule has 1 heterocycles. The van der Waals surface area contributed by atoms with Crippen LogP contribution in [0.5, 0.6) is 17.2 Å². The van der Waals surface area contributed by atoms with E-state index in [9.17, 15) is 8.78 Å². The predicted molar refractivity (Wildman–Crippen MR) is 56.2 cm³/mol. The average molecular weight is 240 g/mol. The Balaban J connectivity index is 2.33. The highest BCUT2D eigenvalue weighted by atomic mass is 19.1. The second-order valence-corrected chi connectivity index (χ2v) is 3.37. The summed E-state index contributed by atoms with van der Waals surface area (Å²) in [4.78, 5) is 0. The minimum atomic E-state index is -0.828. The third-order valence-corrected chi connectivity index (χ3v) is 2.11. The number of aromatic nitrogens is 2. The molecule has 0 atom stereocenters. The van der Waals surface area contributed by atoms with Gasteiger partial charge in [0.2, 0.25) is 0 Å². The van der Waals surface area contributed by atoms with Crippen molar-refractivity contribution in [1.29, 1.82) is 0 Å². The Morgan fingerprint density at radius 2 is 1.82 bits per heavy atom. The van der Waals surface area contributed by atoms with Crippen molar-refractivity contribution in [1.82, 2.24) is 9.78 Å². The number of hydrogen-bond acceptors (Lipinski definition) is 3. The third kappa shape index (κ3) is 2.35. The molecular weight excluding hydrogens is 230 g/mol. The molecule has 4 nitrogen and oxygen atoms in total. The van der Waals surface area contributed by atoms with Gasteiger partial charge in [0.15, 0.2) is 23.1 Å². The predicted octanol–water partition coefficient (Wildman–Crippen LogP) is 2.50.